The molecule has 1 aromatic carbocycles. The molecule has 0 aliphatic carbocycles. The minimum atomic E-state index is -0.419. The molecule has 3 nitrogen and oxygen atoms in total. The van der Waals surface area contributed by atoms with E-state index in [0.717, 1.165) is 16.6 Å². The summed E-state index contributed by atoms with van der Waals surface area (Å²) in [4.78, 5) is 7.07. The van der Waals surface area contributed by atoms with Crippen LogP contribution < -0.4 is 0 Å². The van der Waals surface area contributed by atoms with Crippen molar-refractivity contribution in [1.29, 1.82) is 0 Å². The van der Waals surface area contributed by atoms with Gasteiger partial charge in [0.15, 0.2) is 0 Å². The number of H-pyrrole nitrogens is 1. The third-order valence-electron chi connectivity index (χ3n) is 1.93. The van der Waals surface area contributed by atoms with Crippen LogP contribution >= 0.6 is 0 Å². The predicted molar refractivity (Wildman–Crippen MR) is 46.7 cm³/mol. The third-order valence-corrected chi connectivity index (χ3v) is 1.93. The van der Waals surface area contributed by atoms with Crippen LogP contribution in [0.15, 0.2) is 24.5 Å². The van der Waals surface area contributed by atoms with E-state index in [0.29, 0.717) is 0 Å². The van der Waals surface area contributed by atoms with Crippen LogP contribution in [0.5, 0.6) is 0 Å². The Morgan fingerprint density at radius 1 is 1.50 bits per heavy atom. The second kappa shape index (κ2) is 2.60. The lowest BCUT2D eigenvalue weighted by Gasteiger charge is -2.02. The van der Waals surface area contributed by atoms with Crippen molar-refractivity contribution in [3.63, 3.8) is 0 Å². The Morgan fingerprint density at radius 2 is 2.33 bits per heavy atom. The molecule has 0 saturated carbocycles. The van der Waals surface area contributed by atoms with Crippen LogP contribution in [0.2, 0.25) is 0 Å². The average molecular weight is 162 g/mol. The first-order valence-corrected chi connectivity index (χ1v) is 3.88. The highest BCUT2D eigenvalue weighted by molar-refractivity contribution is 5.75. The van der Waals surface area contributed by atoms with Gasteiger partial charge in [-0.05, 0) is 24.6 Å². The van der Waals surface area contributed by atoms with Crippen LogP contribution in [-0.4, -0.2) is 15.1 Å². The number of nitrogens with one attached hydrogen (secondary N) is 1. The van der Waals surface area contributed by atoms with Crippen LogP contribution in [0.4, 0.5) is 0 Å². The second-order valence-corrected chi connectivity index (χ2v) is 2.86. The molecule has 0 fully saturated rings. The van der Waals surface area contributed by atoms with Crippen molar-refractivity contribution in [3.05, 3.63) is 30.1 Å². The Balaban J connectivity index is 2.60. The highest BCUT2D eigenvalue weighted by Gasteiger charge is 2.02. The van der Waals surface area contributed by atoms with Crippen molar-refractivity contribution in [1.82, 2.24) is 9.97 Å². The highest BCUT2D eigenvalue weighted by atomic mass is 16.3. The van der Waals surface area contributed by atoms with E-state index in [1.165, 1.54) is 0 Å². The minimum absolute atomic E-state index is 0.419. The number of fused-ring (bicyclic) bond motifs is 1. The quantitative estimate of drug-likeness (QED) is 0.669. The Hall–Kier alpha value is -1.35. The number of nitrogens with zero attached hydrogens (tertiary/aromatic N) is 1. The number of aromatic nitrogens is 2. The summed E-state index contributed by atoms with van der Waals surface area (Å²) in [6.45, 7) is 1.75. The number of imidazole rings is 1. The van der Waals surface area contributed by atoms with Crippen molar-refractivity contribution >= 4 is 11.0 Å². The van der Waals surface area contributed by atoms with E-state index in [9.17, 15) is 5.11 Å². The number of aromatic amines is 1. The molecule has 1 heterocycles. The Bertz CT molecular complexity index is 392. The van der Waals surface area contributed by atoms with Crippen LogP contribution in [0.25, 0.3) is 11.0 Å². The lowest BCUT2D eigenvalue weighted by atomic mass is 10.1. The van der Waals surface area contributed by atoms with Gasteiger partial charge in [0.25, 0.3) is 0 Å². The second-order valence-electron chi connectivity index (χ2n) is 2.86. The first-order chi connectivity index (χ1) is 5.77. The molecule has 0 aliphatic heterocycles. The maximum absolute atomic E-state index is 9.29. The molecule has 2 N–H and O–H groups in total. The van der Waals surface area contributed by atoms with Crippen molar-refractivity contribution in [3.8, 4) is 0 Å². The van der Waals surface area contributed by atoms with E-state index >= 15 is 0 Å². The molecule has 12 heavy (non-hydrogen) atoms. The fraction of sp³-hybridized carbons (Fsp3) is 0.222. The molecule has 0 radical (unpaired) electrons. The first kappa shape index (κ1) is 7.31. The molecule has 3 heteroatoms. The number of hydrogen-bond donors (Lipinski definition) is 2. The number of aliphatic hydroxyl groups is 1. The topological polar surface area (TPSA) is 48.9 Å². The summed E-state index contributed by atoms with van der Waals surface area (Å²) < 4.78 is 0. The summed E-state index contributed by atoms with van der Waals surface area (Å²) in [5, 5.41) is 9.29. The van der Waals surface area contributed by atoms with Crippen LogP contribution in [0.1, 0.15) is 18.6 Å². The van der Waals surface area contributed by atoms with E-state index in [2.05, 4.69) is 9.97 Å². The average Bonchev–Trinajstić information content (AvgIpc) is 2.49. The molecular weight excluding hydrogens is 152 g/mol. The molecule has 0 saturated heterocycles. The van der Waals surface area contributed by atoms with Crippen molar-refractivity contribution in [2.75, 3.05) is 0 Å². The zero-order chi connectivity index (χ0) is 8.55. The van der Waals surface area contributed by atoms with Crippen molar-refractivity contribution < 1.29 is 5.11 Å². The highest BCUT2D eigenvalue weighted by Crippen LogP contribution is 2.16. The number of hydrogen-bond acceptors (Lipinski definition) is 2. The molecular formula is C9H10N2O. The van der Waals surface area contributed by atoms with Gasteiger partial charge in [-0.3, -0.25) is 0 Å². The molecule has 62 valence electrons. The summed E-state index contributed by atoms with van der Waals surface area (Å²) in [6.07, 6.45) is 1.23. The number of aliphatic hydroxyl groups excluding tert-OH is 1. The van der Waals surface area contributed by atoms with Crippen LogP contribution in [0.3, 0.4) is 0 Å². The smallest absolute Gasteiger partial charge is 0.0931 e. The van der Waals surface area contributed by atoms with Gasteiger partial charge in [0, 0.05) is 0 Å². The maximum atomic E-state index is 9.29. The predicted octanol–water partition coefficient (Wildman–Crippen LogP) is 1.62. The van der Waals surface area contributed by atoms with Gasteiger partial charge in [-0.2, -0.15) is 0 Å². The zero-order valence-corrected chi connectivity index (χ0v) is 6.78. The van der Waals surface area contributed by atoms with Crippen molar-refractivity contribution in [2.24, 2.45) is 0 Å². The van der Waals surface area contributed by atoms with Crippen LogP contribution in [-0.2, 0) is 0 Å². The van der Waals surface area contributed by atoms with E-state index in [1.54, 1.807) is 13.3 Å². The molecule has 1 aromatic heterocycles. The van der Waals surface area contributed by atoms with Gasteiger partial charge in [0.05, 0.1) is 23.5 Å². The van der Waals surface area contributed by atoms with E-state index in [1.807, 2.05) is 18.2 Å². The van der Waals surface area contributed by atoms with Gasteiger partial charge in [-0.15, -0.1) is 0 Å². The summed E-state index contributed by atoms with van der Waals surface area (Å²) in [5.74, 6) is 0. The lowest BCUT2D eigenvalue weighted by molar-refractivity contribution is 0.199. The zero-order valence-electron chi connectivity index (χ0n) is 6.78. The molecule has 2 rings (SSSR count). The largest absolute Gasteiger partial charge is 0.389 e. The van der Waals surface area contributed by atoms with E-state index in [-0.39, 0.29) is 0 Å². The van der Waals surface area contributed by atoms with Gasteiger partial charge in [0.2, 0.25) is 0 Å². The summed E-state index contributed by atoms with van der Waals surface area (Å²) in [6, 6.07) is 5.69. The van der Waals surface area contributed by atoms with Gasteiger partial charge < -0.3 is 10.1 Å². The fourth-order valence-corrected chi connectivity index (χ4v) is 1.21. The molecule has 0 bridgehead atoms. The monoisotopic (exact) mass is 162 g/mol. The molecule has 2 aromatic rings. The molecule has 0 spiro atoms. The lowest BCUT2D eigenvalue weighted by Crippen LogP contribution is -1.89. The van der Waals surface area contributed by atoms with E-state index < -0.39 is 6.10 Å². The SMILES string of the molecule is C[C@@H](O)c1ccc2nc[nH]c2c1. The molecule has 0 aliphatic rings. The normalized spacial score (nSPS) is 13.5. The van der Waals surface area contributed by atoms with Gasteiger partial charge in [0.1, 0.15) is 0 Å². The summed E-state index contributed by atoms with van der Waals surface area (Å²) in [5.41, 5.74) is 2.81. The first-order valence-electron chi connectivity index (χ1n) is 3.88. The van der Waals surface area contributed by atoms with Crippen molar-refractivity contribution in [2.45, 2.75) is 13.0 Å². The van der Waals surface area contributed by atoms with Gasteiger partial charge in [-0.1, -0.05) is 6.07 Å². The molecule has 0 unspecified atom stereocenters. The van der Waals surface area contributed by atoms with Gasteiger partial charge >= 0.3 is 0 Å². The maximum Gasteiger partial charge on any atom is 0.0931 e. The number of benzene rings is 1. The fourth-order valence-electron chi connectivity index (χ4n) is 1.21. The Labute approximate surface area is 70.1 Å². The molecule has 0 amide bonds. The summed E-state index contributed by atoms with van der Waals surface area (Å²) in [7, 11) is 0. The Morgan fingerprint density at radius 3 is 3.08 bits per heavy atom. The third kappa shape index (κ3) is 1.08. The Kier molecular flexibility index (Phi) is 1.59. The molecule has 1 atom stereocenters. The van der Waals surface area contributed by atoms with Gasteiger partial charge in [-0.25, -0.2) is 4.98 Å². The van der Waals surface area contributed by atoms with Crippen LogP contribution in [0, 0.1) is 0 Å². The summed E-state index contributed by atoms with van der Waals surface area (Å²) >= 11 is 0. The standard InChI is InChI=1S/C9H10N2O/c1-6(12)7-2-3-8-9(4-7)11-5-10-8/h2-6,12H,1H3,(H,10,11)/t6-/m1/s1. The minimum Gasteiger partial charge on any atom is -0.389 e. The van der Waals surface area contributed by atoms with E-state index in [4.69, 9.17) is 0 Å². The number of rotatable bonds is 1.